The average molecular weight is 256 g/mol. The third-order valence-corrected chi connectivity index (χ3v) is 3.36. The van der Waals surface area contributed by atoms with Gasteiger partial charge in [0.05, 0.1) is 17.4 Å². The van der Waals surface area contributed by atoms with E-state index in [-0.39, 0.29) is 0 Å². The summed E-state index contributed by atoms with van der Waals surface area (Å²) in [5.74, 6) is 0.836. The van der Waals surface area contributed by atoms with Crippen LogP contribution in [0.25, 0.3) is 10.8 Å². The predicted octanol–water partition coefficient (Wildman–Crippen LogP) is 2.74. The van der Waals surface area contributed by atoms with Gasteiger partial charge in [-0.1, -0.05) is 24.3 Å². The number of hydrogen-bond donors (Lipinski definition) is 1. The van der Waals surface area contributed by atoms with Crippen LogP contribution in [0.4, 0.5) is 5.82 Å². The van der Waals surface area contributed by atoms with Crippen LogP contribution in [0.5, 0.6) is 0 Å². The molecule has 0 unspecified atom stereocenters. The minimum absolute atomic E-state index is 0.812. The van der Waals surface area contributed by atoms with Gasteiger partial charge in [-0.25, -0.2) is 4.98 Å². The van der Waals surface area contributed by atoms with Crippen molar-refractivity contribution in [2.24, 2.45) is 0 Å². The van der Waals surface area contributed by atoms with Crippen LogP contribution in [-0.4, -0.2) is 21.7 Å². The molecule has 0 saturated heterocycles. The Morgan fingerprint density at radius 2 is 2.17 bits per heavy atom. The molecule has 0 aliphatic heterocycles. The van der Waals surface area contributed by atoms with E-state index >= 15 is 0 Å². The summed E-state index contributed by atoms with van der Waals surface area (Å²) in [5, 5.41) is 15.7. The van der Waals surface area contributed by atoms with E-state index in [1.165, 1.54) is 0 Å². The number of rotatable bonds is 4. The molecule has 3 rings (SSSR count). The molecule has 90 valence electrons. The van der Waals surface area contributed by atoms with Gasteiger partial charge in [0.25, 0.3) is 0 Å². The van der Waals surface area contributed by atoms with E-state index in [0.29, 0.717) is 0 Å². The number of benzene rings is 1. The van der Waals surface area contributed by atoms with Crippen molar-refractivity contribution in [2.75, 3.05) is 11.9 Å². The van der Waals surface area contributed by atoms with Crippen LogP contribution >= 0.6 is 11.3 Å². The lowest BCUT2D eigenvalue weighted by atomic mass is 10.2. The van der Waals surface area contributed by atoms with Crippen LogP contribution in [0.15, 0.2) is 41.4 Å². The molecule has 1 aromatic carbocycles. The summed E-state index contributed by atoms with van der Waals surface area (Å²) >= 11 is 1.62. The Morgan fingerprint density at radius 3 is 3.06 bits per heavy atom. The molecule has 2 heterocycles. The van der Waals surface area contributed by atoms with E-state index in [2.05, 4.69) is 31.9 Å². The van der Waals surface area contributed by atoms with Crippen molar-refractivity contribution in [3.8, 4) is 0 Å². The topological polar surface area (TPSA) is 50.7 Å². The maximum absolute atomic E-state index is 4.25. The largest absolute Gasteiger partial charge is 0.368 e. The van der Waals surface area contributed by atoms with Crippen LogP contribution < -0.4 is 5.32 Å². The van der Waals surface area contributed by atoms with Gasteiger partial charge in [-0.05, 0) is 0 Å². The summed E-state index contributed by atoms with van der Waals surface area (Å²) in [6.07, 6.45) is 2.68. The monoisotopic (exact) mass is 256 g/mol. The number of nitrogens with zero attached hydrogens (tertiary/aromatic N) is 3. The smallest absolute Gasteiger partial charge is 0.156 e. The molecule has 0 radical (unpaired) electrons. The molecular weight excluding hydrogens is 244 g/mol. The van der Waals surface area contributed by atoms with Gasteiger partial charge in [-0.3, -0.25) is 0 Å². The first kappa shape index (κ1) is 11.1. The van der Waals surface area contributed by atoms with Gasteiger partial charge in [0.2, 0.25) is 0 Å². The third-order valence-electron chi connectivity index (χ3n) is 2.73. The zero-order valence-electron chi connectivity index (χ0n) is 9.71. The molecule has 0 aliphatic carbocycles. The molecule has 0 saturated carbocycles. The molecule has 5 heteroatoms. The molecule has 18 heavy (non-hydrogen) atoms. The minimum atomic E-state index is 0.812. The number of nitrogens with one attached hydrogen (secondary N) is 1. The van der Waals surface area contributed by atoms with Crippen LogP contribution in [-0.2, 0) is 6.42 Å². The van der Waals surface area contributed by atoms with Crippen molar-refractivity contribution in [3.05, 3.63) is 47.0 Å². The molecule has 0 atom stereocenters. The quantitative estimate of drug-likeness (QED) is 0.779. The summed E-state index contributed by atoms with van der Waals surface area (Å²) in [6.45, 7) is 0.812. The maximum atomic E-state index is 4.25. The predicted molar refractivity (Wildman–Crippen MR) is 73.8 cm³/mol. The fraction of sp³-hybridized carbons (Fsp3) is 0.154. The zero-order chi connectivity index (χ0) is 12.2. The third kappa shape index (κ3) is 2.31. The van der Waals surface area contributed by atoms with E-state index in [1.54, 1.807) is 17.5 Å². The zero-order valence-corrected chi connectivity index (χ0v) is 10.5. The Balaban J connectivity index is 1.74. The number of hydrogen-bond acceptors (Lipinski definition) is 5. The van der Waals surface area contributed by atoms with Gasteiger partial charge in [-0.2, -0.15) is 5.10 Å². The summed E-state index contributed by atoms with van der Waals surface area (Å²) in [5.41, 5.74) is 2.97. The van der Waals surface area contributed by atoms with E-state index < -0.39 is 0 Å². The number of thiazole rings is 1. The van der Waals surface area contributed by atoms with Crippen molar-refractivity contribution < 1.29 is 0 Å². The van der Waals surface area contributed by atoms with Crippen molar-refractivity contribution in [3.63, 3.8) is 0 Å². The van der Waals surface area contributed by atoms with Gasteiger partial charge in [-0.15, -0.1) is 16.4 Å². The van der Waals surface area contributed by atoms with Crippen LogP contribution in [0, 0.1) is 0 Å². The highest BCUT2D eigenvalue weighted by Gasteiger charge is 2.02. The second-order valence-electron chi connectivity index (χ2n) is 3.94. The standard InChI is InChI=1S/C13H12N4S/c1-2-4-12-10(3-1)7-16-17-13(12)14-6-5-11-8-18-9-15-11/h1-4,7-9H,5-6H2,(H,14,17). The molecule has 1 N–H and O–H groups in total. The fourth-order valence-corrected chi connectivity index (χ4v) is 2.42. The first-order chi connectivity index (χ1) is 8.93. The van der Waals surface area contributed by atoms with Crippen LogP contribution in [0.1, 0.15) is 5.69 Å². The number of anilines is 1. The molecule has 2 aromatic heterocycles. The lowest BCUT2D eigenvalue weighted by Gasteiger charge is -2.06. The number of fused-ring (bicyclic) bond motifs is 1. The Hall–Kier alpha value is -2.01. The van der Waals surface area contributed by atoms with Crippen molar-refractivity contribution >= 4 is 27.9 Å². The summed E-state index contributed by atoms with van der Waals surface area (Å²) in [6, 6.07) is 8.10. The Labute approximate surface area is 109 Å². The molecule has 4 nitrogen and oxygen atoms in total. The van der Waals surface area contributed by atoms with Gasteiger partial charge in [0.1, 0.15) is 0 Å². The summed E-state index contributed by atoms with van der Waals surface area (Å²) in [7, 11) is 0. The first-order valence-corrected chi connectivity index (χ1v) is 6.69. The highest BCUT2D eigenvalue weighted by Crippen LogP contribution is 2.18. The summed E-state index contributed by atoms with van der Waals surface area (Å²) in [4.78, 5) is 4.25. The highest BCUT2D eigenvalue weighted by atomic mass is 32.1. The normalized spacial score (nSPS) is 10.7. The van der Waals surface area contributed by atoms with Crippen molar-refractivity contribution in [1.82, 2.24) is 15.2 Å². The van der Waals surface area contributed by atoms with E-state index in [4.69, 9.17) is 0 Å². The fourth-order valence-electron chi connectivity index (χ4n) is 1.83. The summed E-state index contributed by atoms with van der Waals surface area (Å²) < 4.78 is 0. The second-order valence-corrected chi connectivity index (χ2v) is 4.66. The highest BCUT2D eigenvalue weighted by molar-refractivity contribution is 7.07. The molecule has 0 bridgehead atoms. The lowest BCUT2D eigenvalue weighted by Crippen LogP contribution is -2.07. The van der Waals surface area contributed by atoms with Crippen LogP contribution in [0.3, 0.4) is 0 Å². The average Bonchev–Trinajstić information content (AvgIpc) is 2.92. The molecular formula is C13H12N4S. The lowest BCUT2D eigenvalue weighted by molar-refractivity contribution is 0.952. The molecule has 0 aliphatic rings. The van der Waals surface area contributed by atoms with Crippen molar-refractivity contribution in [1.29, 1.82) is 0 Å². The van der Waals surface area contributed by atoms with Crippen molar-refractivity contribution in [2.45, 2.75) is 6.42 Å². The Bertz CT molecular complexity index is 631. The van der Waals surface area contributed by atoms with E-state index in [1.807, 2.05) is 23.7 Å². The first-order valence-electron chi connectivity index (χ1n) is 5.75. The molecule has 0 spiro atoms. The number of aromatic nitrogens is 3. The Kier molecular flexibility index (Phi) is 3.14. The van der Waals surface area contributed by atoms with E-state index in [9.17, 15) is 0 Å². The van der Waals surface area contributed by atoms with Gasteiger partial charge in [0.15, 0.2) is 5.82 Å². The second kappa shape index (κ2) is 5.10. The molecule has 3 aromatic rings. The van der Waals surface area contributed by atoms with Crippen LogP contribution in [0.2, 0.25) is 0 Å². The molecule has 0 amide bonds. The minimum Gasteiger partial charge on any atom is -0.368 e. The SMILES string of the molecule is c1ccc2c(NCCc3cscn3)nncc2c1. The molecule has 0 fully saturated rings. The van der Waals surface area contributed by atoms with E-state index in [0.717, 1.165) is 35.2 Å². The van der Waals surface area contributed by atoms with Gasteiger partial charge < -0.3 is 5.32 Å². The van der Waals surface area contributed by atoms with Gasteiger partial charge in [0, 0.05) is 29.1 Å². The van der Waals surface area contributed by atoms with Gasteiger partial charge >= 0.3 is 0 Å². The Morgan fingerprint density at radius 1 is 1.22 bits per heavy atom. The maximum Gasteiger partial charge on any atom is 0.156 e.